The maximum atomic E-state index is 12.4. The molecule has 0 aromatic carbocycles. The van der Waals surface area contributed by atoms with Crippen molar-refractivity contribution in [2.75, 3.05) is 7.11 Å². The Hall–Kier alpha value is -1.78. The van der Waals surface area contributed by atoms with Gasteiger partial charge in [-0.05, 0) is 39.5 Å². The number of esters is 1. The van der Waals surface area contributed by atoms with Crippen LogP contribution in [0.15, 0.2) is 9.21 Å². The first kappa shape index (κ1) is 23.3. The molecule has 0 bridgehead atoms. The maximum Gasteiger partial charge on any atom is 0.302 e. The average Bonchev–Trinajstić information content (AvgIpc) is 2.62. The van der Waals surface area contributed by atoms with Gasteiger partial charge < -0.3 is 13.9 Å². The predicted molar refractivity (Wildman–Crippen MR) is 108 cm³/mol. The number of carbonyl (C=O) groups excluding carboxylic acids is 1. The van der Waals surface area contributed by atoms with Crippen LogP contribution in [-0.4, -0.2) is 19.2 Å². The van der Waals surface area contributed by atoms with Crippen LogP contribution in [0.1, 0.15) is 89.0 Å². The third-order valence-electron chi connectivity index (χ3n) is 4.92. The number of aryl methyl sites for hydroxylation is 1. The van der Waals surface area contributed by atoms with Gasteiger partial charge in [0.25, 0.3) is 5.95 Å². The fraction of sp³-hybridized carbons (Fsp3) is 0.727. The first-order valence-corrected chi connectivity index (χ1v) is 10.3. The lowest BCUT2D eigenvalue weighted by Crippen LogP contribution is -2.15. The number of hydrogen-bond acceptors (Lipinski definition) is 5. The SMILES string of the molecule is CCc1c(OC)oc(CCCCCCCCC[C@H](C)OC(C)=O)c(C)c1=O. The van der Waals surface area contributed by atoms with Gasteiger partial charge in [-0.25, -0.2) is 0 Å². The lowest BCUT2D eigenvalue weighted by atomic mass is 10.0. The van der Waals surface area contributed by atoms with E-state index in [0.717, 1.165) is 43.4 Å². The van der Waals surface area contributed by atoms with Crippen LogP contribution in [0, 0.1) is 6.92 Å². The molecule has 1 aromatic heterocycles. The van der Waals surface area contributed by atoms with E-state index in [4.69, 9.17) is 13.9 Å². The van der Waals surface area contributed by atoms with E-state index in [0.29, 0.717) is 17.9 Å². The van der Waals surface area contributed by atoms with E-state index >= 15 is 0 Å². The second-order valence-electron chi connectivity index (χ2n) is 7.24. The molecular weight excluding hydrogens is 344 g/mol. The highest BCUT2D eigenvalue weighted by Gasteiger charge is 2.15. The number of carbonyl (C=O) groups is 1. The van der Waals surface area contributed by atoms with Crippen molar-refractivity contribution in [2.45, 2.75) is 98.0 Å². The minimum absolute atomic E-state index is 0.0245. The van der Waals surface area contributed by atoms with Crippen molar-refractivity contribution in [1.29, 1.82) is 0 Å². The van der Waals surface area contributed by atoms with Gasteiger partial charge >= 0.3 is 5.97 Å². The summed E-state index contributed by atoms with van der Waals surface area (Å²) in [6.07, 6.45) is 10.4. The second kappa shape index (κ2) is 12.6. The van der Waals surface area contributed by atoms with Gasteiger partial charge in [0.1, 0.15) is 5.76 Å². The van der Waals surface area contributed by atoms with Gasteiger partial charge in [0.05, 0.1) is 18.8 Å². The van der Waals surface area contributed by atoms with Crippen molar-refractivity contribution in [2.24, 2.45) is 0 Å². The molecular formula is C22H36O5. The summed E-state index contributed by atoms with van der Waals surface area (Å²) >= 11 is 0. The number of unbranched alkanes of at least 4 members (excludes halogenated alkanes) is 6. The highest BCUT2D eigenvalue weighted by molar-refractivity contribution is 5.66. The summed E-state index contributed by atoms with van der Waals surface area (Å²) in [5.74, 6) is 0.926. The molecule has 1 atom stereocenters. The molecule has 1 heterocycles. The Balaban J connectivity index is 2.23. The van der Waals surface area contributed by atoms with Crippen molar-refractivity contribution in [1.82, 2.24) is 0 Å². The molecule has 27 heavy (non-hydrogen) atoms. The van der Waals surface area contributed by atoms with Crippen molar-refractivity contribution >= 4 is 5.97 Å². The van der Waals surface area contributed by atoms with Crippen LogP contribution in [0.2, 0.25) is 0 Å². The van der Waals surface area contributed by atoms with Crippen LogP contribution in [0.3, 0.4) is 0 Å². The van der Waals surface area contributed by atoms with Gasteiger partial charge in [0, 0.05) is 18.9 Å². The minimum atomic E-state index is -0.199. The summed E-state index contributed by atoms with van der Waals surface area (Å²) in [4.78, 5) is 23.2. The Labute approximate surface area is 163 Å². The van der Waals surface area contributed by atoms with Crippen molar-refractivity contribution in [3.63, 3.8) is 0 Å². The molecule has 1 aromatic rings. The number of methoxy groups -OCH3 is 1. The molecule has 0 amide bonds. The van der Waals surface area contributed by atoms with E-state index in [1.807, 2.05) is 20.8 Å². The number of ether oxygens (including phenoxy) is 2. The minimum Gasteiger partial charge on any atom is -0.468 e. The zero-order chi connectivity index (χ0) is 20.2. The van der Waals surface area contributed by atoms with E-state index in [1.165, 1.54) is 32.6 Å². The molecule has 0 saturated carbocycles. The van der Waals surface area contributed by atoms with Gasteiger partial charge in [-0.3, -0.25) is 9.59 Å². The van der Waals surface area contributed by atoms with Gasteiger partial charge in [0.15, 0.2) is 5.43 Å². The van der Waals surface area contributed by atoms with E-state index in [-0.39, 0.29) is 17.5 Å². The van der Waals surface area contributed by atoms with Gasteiger partial charge in [-0.15, -0.1) is 0 Å². The van der Waals surface area contributed by atoms with Crippen molar-refractivity contribution < 1.29 is 18.7 Å². The molecule has 0 aliphatic carbocycles. The Kier molecular flexibility index (Phi) is 10.8. The van der Waals surface area contributed by atoms with E-state index in [1.54, 1.807) is 7.11 Å². The standard InChI is InChI=1S/C22H36O5/c1-6-19-21(24)17(3)20(27-22(19)25-5)15-13-11-9-7-8-10-12-14-16(2)26-18(4)23/h16H,6-15H2,1-5H3/t16-/m0/s1. The highest BCUT2D eigenvalue weighted by Crippen LogP contribution is 2.21. The van der Waals surface area contributed by atoms with Crippen LogP contribution in [0.4, 0.5) is 0 Å². The Morgan fingerprint density at radius 1 is 1.07 bits per heavy atom. The lowest BCUT2D eigenvalue weighted by molar-refractivity contribution is -0.145. The quantitative estimate of drug-likeness (QED) is 0.350. The fourth-order valence-corrected chi connectivity index (χ4v) is 3.35. The summed E-state index contributed by atoms with van der Waals surface area (Å²) in [5, 5.41) is 0. The smallest absolute Gasteiger partial charge is 0.302 e. The second-order valence-corrected chi connectivity index (χ2v) is 7.24. The molecule has 1 rings (SSSR count). The summed E-state index contributed by atoms with van der Waals surface area (Å²) < 4.78 is 16.2. The summed E-state index contributed by atoms with van der Waals surface area (Å²) in [7, 11) is 1.55. The average molecular weight is 381 g/mol. The lowest BCUT2D eigenvalue weighted by Gasteiger charge is -2.11. The van der Waals surface area contributed by atoms with E-state index in [2.05, 4.69) is 0 Å². The van der Waals surface area contributed by atoms with Crippen molar-refractivity contribution in [3.05, 3.63) is 27.1 Å². The van der Waals surface area contributed by atoms with Crippen molar-refractivity contribution in [3.8, 4) is 5.95 Å². The Bertz CT molecular complexity index is 632. The molecule has 0 unspecified atom stereocenters. The van der Waals surface area contributed by atoms with Gasteiger partial charge in [0.2, 0.25) is 0 Å². The summed E-state index contributed by atoms with van der Waals surface area (Å²) in [6, 6.07) is 0. The van der Waals surface area contributed by atoms with E-state index < -0.39 is 0 Å². The molecule has 0 aliphatic heterocycles. The first-order chi connectivity index (χ1) is 12.9. The van der Waals surface area contributed by atoms with Crippen LogP contribution in [0.25, 0.3) is 0 Å². The monoisotopic (exact) mass is 380 g/mol. The first-order valence-electron chi connectivity index (χ1n) is 10.3. The van der Waals surface area contributed by atoms with Crippen LogP contribution < -0.4 is 10.2 Å². The molecule has 0 N–H and O–H groups in total. The topological polar surface area (TPSA) is 65.7 Å². The fourth-order valence-electron chi connectivity index (χ4n) is 3.35. The molecule has 0 aliphatic rings. The molecule has 0 saturated heterocycles. The zero-order valence-electron chi connectivity index (χ0n) is 17.7. The number of hydrogen-bond donors (Lipinski definition) is 0. The molecule has 5 heteroatoms. The molecule has 0 radical (unpaired) electrons. The van der Waals surface area contributed by atoms with Gasteiger partial charge in [-0.2, -0.15) is 0 Å². The summed E-state index contributed by atoms with van der Waals surface area (Å²) in [6.45, 7) is 7.18. The largest absolute Gasteiger partial charge is 0.468 e. The van der Waals surface area contributed by atoms with Gasteiger partial charge in [-0.1, -0.05) is 39.0 Å². The highest BCUT2D eigenvalue weighted by atomic mass is 16.6. The third-order valence-corrected chi connectivity index (χ3v) is 4.92. The molecule has 0 spiro atoms. The van der Waals surface area contributed by atoms with E-state index in [9.17, 15) is 9.59 Å². The predicted octanol–water partition coefficient (Wildman–Crippen LogP) is 5.13. The van der Waals surface area contributed by atoms with Crippen LogP contribution >= 0.6 is 0 Å². The Morgan fingerprint density at radius 3 is 2.22 bits per heavy atom. The third kappa shape index (κ3) is 8.19. The normalized spacial score (nSPS) is 12.0. The summed E-state index contributed by atoms with van der Waals surface area (Å²) in [5.41, 5.74) is 1.40. The molecule has 0 fully saturated rings. The maximum absolute atomic E-state index is 12.4. The van der Waals surface area contributed by atoms with Crippen LogP contribution in [0.5, 0.6) is 5.95 Å². The molecule has 154 valence electrons. The van der Waals surface area contributed by atoms with Crippen LogP contribution in [-0.2, 0) is 22.4 Å². The zero-order valence-corrected chi connectivity index (χ0v) is 17.7. The number of rotatable bonds is 13. The Morgan fingerprint density at radius 2 is 1.67 bits per heavy atom. The molecule has 5 nitrogen and oxygen atoms in total.